The van der Waals surface area contributed by atoms with Crippen LogP contribution in [0.2, 0.25) is 0 Å². The predicted octanol–water partition coefficient (Wildman–Crippen LogP) is 2.19. The molecule has 0 bridgehead atoms. The second-order valence-corrected chi connectivity index (χ2v) is 5.50. The summed E-state index contributed by atoms with van der Waals surface area (Å²) < 4.78 is 67.3. The summed E-state index contributed by atoms with van der Waals surface area (Å²) in [6.07, 6.45) is -5.59. The van der Waals surface area contributed by atoms with Crippen LogP contribution in [0.1, 0.15) is 0 Å². The van der Waals surface area contributed by atoms with E-state index in [1.807, 2.05) is 0 Å². The molecule has 1 atom stereocenters. The number of benzene rings is 1. The van der Waals surface area contributed by atoms with Gasteiger partial charge in [-0.25, -0.2) is 0 Å². The van der Waals surface area contributed by atoms with Gasteiger partial charge in [-0.2, -0.15) is 0 Å². The molecule has 0 radical (unpaired) electrons. The van der Waals surface area contributed by atoms with Crippen molar-refractivity contribution in [1.82, 2.24) is 0 Å². The molecule has 0 aliphatic heterocycles. The molecule has 96 valence electrons. The molecule has 7 heteroatoms. The monoisotopic (exact) mass is 320 g/mol. The molecule has 1 aromatic carbocycles. The average Bonchev–Trinajstić information content (AvgIpc) is 2.25. The Morgan fingerprint density at radius 3 is 2.00 bits per heavy atom. The van der Waals surface area contributed by atoms with Crippen molar-refractivity contribution >= 4 is 19.4 Å². The van der Waals surface area contributed by atoms with Gasteiger partial charge in [0.2, 0.25) is 0 Å². The third-order valence-corrected chi connectivity index (χ3v) is 4.49. The van der Waals surface area contributed by atoms with E-state index >= 15 is 0 Å². The molecular weight excluding hydrogens is 310 g/mol. The van der Waals surface area contributed by atoms with E-state index < -0.39 is 32.1 Å². The fourth-order valence-electron chi connectivity index (χ4n) is 1.03. The maximum absolute atomic E-state index is 13.0. The van der Waals surface area contributed by atoms with Crippen molar-refractivity contribution in [2.24, 2.45) is 0 Å². The van der Waals surface area contributed by atoms with Crippen LogP contribution in [-0.2, 0) is 4.74 Å². The van der Waals surface area contributed by atoms with Crippen LogP contribution in [0.5, 0.6) is 0 Å². The van der Waals surface area contributed by atoms with E-state index in [0.717, 1.165) is 7.11 Å². The van der Waals surface area contributed by atoms with Crippen molar-refractivity contribution in [1.29, 1.82) is 0 Å². The fourth-order valence-corrected chi connectivity index (χ4v) is 3.00. The van der Waals surface area contributed by atoms with Gasteiger partial charge in [0, 0.05) is 0 Å². The molecule has 0 aliphatic rings. The maximum atomic E-state index is 13.0. The average molecular weight is 319 g/mol. The third kappa shape index (κ3) is 3.40. The molecular formula is C10H9F5OSe. The summed E-state index contributed by atoms with van der Waals surface area (Å²) in [5.74, 6) is -4.84. The molecule has 0 N–H and O–H groups in total. The second kappa shape index (κ2) is 5.33. The van der Waals surface area contributed by atoms with E-state index in [1.165, 1.54) is 12.1 Å². The van der Waals surface area contributed by atoms with Gasteiger partial charge in [0.05, 0.1) is 0 Å². The van der Waals surface area contributed by atoms with Crippen LogP contribution in [0.15, 0.2) is 30.3 Å². The van der Waals surface area contributed by atoms with Crippen molar-refractivity contribution in [3.8, 4) is 0 Å². The first-order valence-corrected chi connectivity index (χ1v) is 6.32. The number of hydrogen-bond donors (Lipinski definition) is 0. The van der Waals surface area contributed by atoms with Crippen LogP contribution in [0, 0.1) is 0 Å². The summed E-state index contributed by atoms with van der Waals surface area (Å²) in [4.78, 5) is 0. The Morgan fingerprint density at radius 1 is 1.06 bits per heavy atom. The number of alkyl halides is 5. The molecule has 0 aromatic heterocycles. The van der Waals surface area contributed by atoms with Crippen LogP contribution in [0.3, 0.4) is 0 Å². The number of ether oxygens (including phenoxy) is 1. The topological polar surface area (TPSA) is 9.23 Å². The molecule has 17 heavy (non-hydrogen) atoms. The van der Waals surface area contributed by atoms with Crippen LogP contribution in [0.4, 0.5) is 22.0 Å². The number of rotatable bonds is 4. The molecule has 1 unspecified atom stereocenters. The second-order valence-electron chi connectivity index (χ2n) is 3.12. The first-order chi connectivity index (χ1) is 7.79. The minimum atomic E-state index is -5.59. The van der Waals surface area contributed by atoms with E-state index in [4.69, 9.17) is 0 Å². The van der Waals surface area contributed by atoms with Crippen molar-refractivity contribution in [2.75, 3.05) is 7.11 Å². The van der Waals surface area contributed by atoms with Gasteiger partial charge in [-0.3, -0.25) is 0 Å². The molecule has 1 aromatic rings. The molecule has 0 saturated carbocycles. The summed E-state index contributed by atoms with van der Waals surface area (Å²) >= 11 is -1.12. The van der Waals surface area contributed by atoms with Gasteiger partial charge in [0.25, 0.3) is 0 Å². The van der Waals surface area contributed by atoms with E-state index in [2.05, 4.69) is 4.74 Å². The van der Waals surface area contributed by atoms with Crippen molar-refractivity contribution in [3.63, 3.8) is 0 Å². The fraction of sp³-hybridized carbons (Fsp3) is 0.400. The molecule has 0 fully saturated rings. The molecule has 0 aliphatic carbocycles. The zero-order chi connectivity index (χ0) is 13.1. The number of halogens is 5. The predicted molar refractivity (Wildman–Crippen MR) is 53.6 cm³/mol. The number of hydrogen-bond acceptors (Lipinski definition) is 1. The van der Waals surface area contributed by atoms with E-state index in [1.54, 1.807) is 18.2 Å². The minimum absolute atomic E-state index is 0.427. The first-order valence-electron chi connectivity index (χ1n) is 4.48. The summed E-state index contributed by atoms with van der Waals surface area (Å²) in [6, 6.07) is 7.81. The quantitative estimate of drug-likeness (QED) is 0.611. The van der Waals surface area contributed by atoms with Crippen molar-refractivity contribution in [2.45, 2.75) is 17.1 Å². The molecule has 0 amide bonds. The van der Waals surface area contributed by atoms with E-state index in [9.17, 15) is 22.0 Å². The Balaban J connectivity index is 2.86. The molecule has 0 heterocycles. The van der Waals surface area contributed by atoms with Gasteiger partial charge in [0.1, 0.15) is 0 Å². The number of methoxy groups -OCH3 is 1. The van der Waals surface area contributed by atoms with Crippen LogP contribution in [0.25, 0.3) is 0 Å². The Hall–Kier alpha value is -0.651. The Morgan fingerprint density at radius 2 is 1.59 bits per heavy atom. The molecule has 1 nitrogen and oxygen atoms in total. The normalized spacial score (nSPS) is 14.7. The molecule has 0 saturated heterocycles. The Bertz CT molecular complexity index is 351. The standard InChI is InChI=1S/C10H9F5OSe/c1-16-8(9(11,12)10(13,14)15)17-7-5-3-2-4-6-7/h2-6,8H,1H3. The summed E-state index contributed by atoms with van der Waals surface area (Å²) in [5.41, 5.74) is 0. The van der Waals surface area contributed by atoms with Crippen molar-refractivity contribution < 1.29 is 26.7 Å². The third-order valence-electron chi connectivity index (χ3n) is 1.87. The summed E-state index contributed by atoms with van der Waals surface area (Å²) in [6.45, 7) is 0. The van der Waals surface area contributed by atoms with Gasteiger partial charge >= 0.3 is 101 Å². The van der Waals surface area contributed by atoms with Gasteiger partial charge in [-0.15, -0.1) is 0 Å². The van der Waals surface area contributed by atoms with E-state index in [-0.39, 0.29) is 0 Å². The SMILES string of the molecule is COC([Se]c1ccccc1)C(F)(F)C(F)(F)F. The van der Waals surface area contributed by atoms with Crippen LogP contribution >= 0.6 is 0 Å². The Labute approximate surface area is 101 Å². The van der Waals surface area contributed by atoms with Gasteiger partial charge < -0.3 is 0 Å². The first kappa shape index (κ1) is 14.4. The zero-order valence-electron chi connectivity index (χ0n) is 8.67. The van der Waals surface area contributed by atoms with Crippen molar-refractivity contribution in [3.05, 3.63) is 30.3 Å². The van der Waals surface area contributed by atoms with Gasteiger partial charge in [-0.05, 0) is 0 Å². The van der Waals surface area contributed by atoms with Gasteiger partial charge in [0.15, 0.2) is 0 Å². The van der Waals surface area contributed by atoms with E-state index in [0.29, 0.717) is 4.46 Å². The van der Waals surface area contributed by atoms with Gasteiger partial charge in [-0.1, -0.05) is 0 Å². The van der Waals surface area contributed by atoms with Crippen LogP contribution < -0.4 is 4.46 Å². The Kier molecular flexibility index (Phi) is 4.52. The molecule has 0 spiro atoms. The zero-order valence-corrected chi connectivity index (χ0v) is 10.4. The summed E-state index contributed by atoms with van der Waals surface area (Å²) in [5, 5.41) is -2.16. The van der Waals surface area contributed by atoms with Crippen LogP contribution in [-0.4, -0.2) is 39.2 Å². The summed E-state index contributed by atoms with van der Waals surface area (Å²) in [7, 11) is 0.856. The molecule has 1 rings (SSSR count).